The summed E-state index contributed by atoms with van der Waals surface area (Å²) in [4.78, 5) is 0.254. The first-order valence-electron chi connectivity index (χ1n) is 5.96. The normalized spacial score (nSPS) is 12.5. The number of benzene rings is 2. The highest BCUT2D eigenvalue weighted by molar-refractivity contribution is 9.10. The molecule has 0 heterocycles. The second-order valence-electron chi connectivity index (χ2n) is 4.73. The van der Waals surface area contributed by atoms with Gasteiger partial charge in [0.05, 0.1) is 4.83 Å². The van der Waals surface area contributed by atoms with E-state index in [2.05, 4.69) is 89.0 Å². The lowest BCUT2D eigenvalue weighted by molar-refractivity contribution is 1.12. The van der Waals surface area contributed by atoms with Gasteiger partial charge in [-0.05, 0) is 49.1 Å². The molecule has 0 radical (unpaired) electrons. The van der Waals surface area contributed by atoms with Gasteiger partial charge in [0.1, 0.15) is 0 Å². The highest BCUT2D eigenvalue weighted by Crippen LogP contribution is 2.34. The number of aryl methyl sites for hydroxylation is 3. The minimum atomic E-state index is 0.254. The van der Waals surface area contributed by atoms with Crippen molar-refractivity contribution in [3.8, 4) is 0 Å². The molecule has 2 aromatic carbocycles. The average molecular weight is 368 g/mol. The third kappa shape index (κ3) is 2.86. The summed E-state index contributed by atoms with van der Waals surface area (Å²) in [6.07, 6.45) is 0. The maximum absolute atomic E-state index is 3.82. The molecule has 0 aromatic heterocycles. The van der Waals surface area contributed by atoms with E-state index >= 15 is 0 Å². The molecule has 0 aliphatic carbocycles. The molecule has 1 unspecified atom stereocenters. The molecule has 0 spiro atoms. The first-order valence-corrected chi connectivity index (χ1v) is 7.67. The molecular formula is C16H16Br2. The third-order valence-electron chi connectivity index (χ3n) is 3.18. The van der Waals surface area contributed by atoms with Crippen LogP contribution in [0.2, 0.25) is 0 Å². The van der Waals surface area contributed by atoms with Crippen LogP contribution in [0.4, 0.5) is 0 Å². The van der Waals surface area contributed by atoms with Crippen LogP contribution in [0.5, 0.6) is 0 Å². The van der Waals surface area contributed by atoms with Gasteiger partial charge in [0.15, 0.2) is 0 Å². The molecule has 0 amide bonds. The first-order chi connectivity index (χ1) is 8.49. The fourth-order valence-electron chi connectivity index (χ4n) is 2.04. The SMILES string of the molecule is Cc1ccc(C)c(C(Br)c2ccc(Br)c(C)c2)c1. The van der Waals surface area contributed by atoms with Crippen molar-refractivity contribution in [3.05, 3.63) is 68.7 Å². The predicted octanol–water partition coefficient (Wildman–Crippen LogP) is 5.86. The highest BCUT2D eigenvalue weighted by Gasteiger charge is 2.13. The van der Waals surface area contributed by atoms with Crippen molar-refractivity contribution in [1.29, 1.82) is 0 Å². The Bertz CT molecular complexity index is 573. The summed E-state index contributed by atoms with van der Waals surface area (Å²) in [7, 11) is 0. The Hall–Kier alpha value is -0.600. The zero-order valence-electron chi connectivity index (χ0n) is 10.8. The summed E-state index contributed by atoms with van der Waals surface area (Å²) in [6, 6.07) is 13.1. The maximum atomic E-state index is 3.82. The van der Waals surface area contributed by atoms with E-state index in [-0.39, 0.29) is 4.83 Å². The number of rotatable bonds is 2. The molecule has 2 rings (SSSR count). The Labute approximate surface area is 126 Å². The molecule has 2 aromatic rings. The molecular weight excluding hydrogens is 352 g/mol. The van der Waals surface area contributed by atoms with Crippen LogP contribution in [0.15, 0.2) is 40.9 Å². The molecule has 0 saturated carbocycles. The van der Waals surface area contributed by atoms with Crippen molar-refractivity contribution in [2.75, 3.05) is 0 Å². The van der Waals surface area contributed by atoms with Crippen molar-refractivity contribution in [3.63, 3.8) is 0 Å². The minimum absolute atomic E-state index is 0.254. The van der Waals surface area contributed by atoms with E-state index in [0.29, 0.717) is 0 Å². The Morgan fingerprint density at radius 2 is 1.61 bits per heavy atom. The number of alkyl halides is 1. The van der Waals surface area contributed by atoms with Crippen LogP contribution in [0.3, 0.4) is 0 Å². The summed E-state index contributed by atoms with van der Waals surface area (Å²) in [6.45, 7) is 6.42. The van der Waals surface area contributed by atoms with E-state index in [1.807, 2.05) is 0 Å². The number of halogens is 2. The third-order valence-corrected chi connectivity index (χ3v) is 5.09. The molecule has 1 atom stereocenters. The van der Waals surface area contributed by atoms with Crippen LogP contribution in [0.1, 0.15) is 32.6 Å². The summed E-state index contributed by atoms with van der Waals surface area (Å²) in [5.74, 6) is 0. The van der Waals surface area contributed by atoms with E-state index in [9.17, 15) is 0 Å². The quantitative estimate of drug-likeness (QED) is 0.583. The van der Waals surface area contributed by atoms with Crippen molar-refractivity contribution >= 4 is 31.9 Å². The molecule has 94 valence electrons. The molecule has 0 saturated heterocycles. The molecule has 18 heavy (non-hydrogen) atoms. The smallest absolute Gasteiger partial charge is 0.0647 e. The summed E-state index contributed by atoms with van der Waals surface area (Å²) >= 11 is 7.37. The monoisotopic (exact) mass is 366 g/mol. The van der Waals surface area contributed by atoms with Gasteiger partial charge in [-0.3, -0.25) is 0 Å². The number of hydrogen-bond acceptors (Lipinski definition) is 0. The maximum Gasteiger partial charge on any atom is 0.0647 e. The molecule has 2 heteroatoms. The average Bonchev–Trinajstić information content (AvgIpc) is 2.35. The summed E-state index contributed by atoms with van der Waals surface area (Å²) in [5, 5.41) is 0. The lowest BCUT2D eigenvalue weighted by Gasteiger charge is -2.15. The van der Waals surface area contributed by atoms with E-state index in [1.165, 1.54) is 27.8 Å². The van der Waals surface area contributed by atoms with Crippen LogP contribution < -0.4 is 0 Å². The van der Waals surface area contributed by atoms with Crippen LogP contribution in [0.25, 0.3) is 0 Å². The Morgan fingerprint density at radius 1 is 0.889 bits per heavy atom. The fraction of sp³-hybridized carbons (Fsp3) is 0.250. The predicted molar refractivity (Wildman–Crippen MR) is 85.6 cm³/mol. The molecule has 0 nitrogen and oxygen atoms in total. The van der Waals surface area contributed by atoms with Crippen LogP contribution in [-0.4, -0.2) is 0 Å². The lowest BCUT2D eigenvalue weighted by Crippen LogP contribution is -1.97. The zero-order chi connectivity index (χ0) is 13.3. The van der Waals surface area contributed by atoms with Crippen molar-refractivity contribution in [2.45, 2.75) is 25.6 Å². The van der Waals surface area contributed by atoms with Crippen molar-refractivity contribution < 1.29 is 0 Å². The van der Waals surface area contributed by atoms with Gasteiger partial charge in [-0.15, -0.1) is 0 Å². The molecule has 0 aliphatic heterocycles. The van der Waals surface area contributed by atoms with Gasteiger partial charge in [-0.1, -0.05) is 67.8 Å². The van der Waals surface area contributed by atoms with Gasteiger partial charge >= 0.3 is 0 Å². The van der Waals surface area contributed by atoms with E-state index in [0.717, 1.165) is 4.47 Å². The number of hydrogen-bond donors (Lipinski definition) is 0. The zero-order valence-corrected chi connectivity index (χ0v) is 14.0. The van der Waals surface area contributed by atoms with Crippen LogP contribution in [0, 0.1) is 20.8 Å². The summed E-state index contributed by atoms with van der Waals surface area (Å²) in [5.41, 5.74) is 6.53. The van der Waals surface area contributed by atoms with E-state index < -0.39 is 0 Å². The van der Waals surface area contributed by atoms with Gasteiger partial charge < -0.3 is 0 Å². The standard InChI is InChI=1S/C16H16Br2/c1-10-4-5-11(2)14(8-10)16(18)13-6-7-15(17)12(3)9-13/h4-9,16H,1-3H3. The molecule has 0 bridgehead atoms. The second-order valence-corrected chi connectivity index (χ2v) is 6.50. The largest absolute Gasteiger partial charge is 0.0786 e. The van der Waals surface area contributed by atoms with Crippen molar-refractivity contribution in [2.24, 2.45) is 0 Å². The second kappa shape index (κ2) is 5.58. The van der Waals surface area contributed by atoms with E-state index in [4.69, 9.17) is 0 Å². The van der Waals surface area contributed by atoms with Crippen molar-refractivity contribution in [1.82, 2.24) is 0 Å². The van der Waals surface area contributed by atoms with Gasteiger partial charge in [0.2, 0.25) is 0 Å². The first kappa shape index (κ1) is 13.8. The lowest BCUT2D eigenvalue weighted by atomic mass is 9.98. The molecule has 0 N–H and O–H groups in total. The van der Waals surface area contributed by atoms with Crippen LogP contribution >= 0.6 is 31.9 Å². The Kier molecular flexibility index (Phi) is 4.29. The molecule has 0 aliphatic rings. The fourth-order valence-corrected chi connectivity index (χ4v) is 3.06. The van der Waals surface area contributed by atoms with E-state index in [1.54, 1.807) is 0 Å². The van der Waals surface area contributed by atoms with Gasteiger partial charge in [-0.2, -0.15) is 0 Å². The van der Waals surface area contributed by atoms with Gasteiger partial charge in [0.25, 0.3) is 0 Å². The van der Waals surface area contributed by atoms with Crippen LogP contribution in [-0.2, 0) is 0 Å². The minimum Gasteiger partial charge on any atom is -0.0786 e. The topological polar surface area (TPSA) is 0 Å². The highest BCUT2D eigenvalue weighted by atomic mass is 79.9. The Morgan fingerprint density at radius 3 is 2.28 bits per heavy atom. The van der Waals surface area contributed by atoms with Gasteiger partial charge in [0, 0.05) is 4.47 Å². The summed E-state index contributed by atoms with van der Waals surface area (Å²) < 4.78 is 1.16. The molecule has 0 fully saturated rings. The Balaban J connectivity index is 2.44. The van der Waals surface area contributed by atoms with Gasteiger partial charge in [-0.25, -0.2) is 0 Å².